The molecule has 10 nitrogen and oxygen atoms in total. The largest absolute Gasteiger partial charge is 0.491 e. The predicted octanol–water partition coefficient (Wildman–Crippen LogP) is 3.19. The van der Waals surface area contributed by atoms with Crippen molar-refractivity contribution in [3.05, 3.63) is 83.1 Å². The number of carbonyl (C=O) groups excluding carboxylic acids is 1. The van der Waals surface area contributed by atoms with E-state index in [1.165, 1.54) is 7.11 Å². The Morgan fingerprint density at radius 3 is 2.00 bits per heavy atom. The SMILES string of the molecule is CO[C@@H]1O[C@@H]2CO[C@H](c3ccccc3)O[C@@H]2[C@@]2(COC3=C(C2)[C@@H]2O[C@H](c4ccccc4)OC[C@H]2O[C@@H]3OC)C1=O. The van der Waals surface area contributed by atoms with Crippen LogP contribution in [0.25, 0.3) is 0 Å². The fraction of sp³-hybridized carbons (Fsp3) is 0.500. The van der Waals surface area contributed by atoms with Gasteiger partial charge >= 0.3 is 0 Å². The summed E-state index contributed by atoms with van der Waals surface area (Å²) in [6, 6.07) is 19.4. The average molecular weight is 553 g/mol. The van der Waals surface area contributed by atoms with E-state index in [0.29, 0.717) is 12.2 Å². The summed E-state index contributed by atoms with van der Waals surface area (Å²) in [6.07, 6.45) is -4.90. The van der Waals surface area contributed by atoms with E-state index in [1.54, 1.807) is 7.11 Å². The van der Waals surface area contributed by atoms with Gasteiger partial charge in [-0.05, 0) is 6.42 Å². The van der Waals surface area contributed by atoms with Gasteiger partial charge in [0, 0.05) is 30.9 Å². The third kappa shape index (κ3) is 4.31. The summed E-state index contributed by atoms with van der Waals surface area (Å²) in [4.78, 5) is 14.1. The van der Waals surface area contributed by atoms with Crippen molar-refractivity contribution >= 4 is 5.78 Å². The number of ketones is 1. The van der Waals surface area contributed by atoms with Crippen LogP contribution in [0.3, 0.4) is 0 Å². The molecule has 3 fully saturated rings. The second kappa shape index (κ2) is 10.6. The van der Waals surface area contributed by atoms with Crippen molar-refractivity contribution in [2.24, 2.45) is 5.41 Å². The Morgan fingerprint density at radius 1 is 0.750 bits per heavy atom. The van der Waals surface area contributed by atoms with Crippen LogP contribution in [0.1, 0.15) is 30.1 Å². The minimum absolute atomic E-state index is 0.0514. The number of fused-ring (bicyclic) bond motifs is 4. The number of hydrogen-bond donors (Lipinski definition) is 0. The Bertz CT molecular complexity index is 1250. The van der Waals surface area contributed by atoms with Gasteiger partial charge in [0.1, 0.15) is 36.4 Å². The van der Waals surface area contributed by atoms with Crippen LogP contribution in [-0.4, -0.2) is 76.8 Å². The standard InChI is InChI=1S/C30H32O10/c1-32-28-23-19(22-20(37-28)14-34-26(39-22)17-9-5-3-6-10-17)13-30(16-36-23)24(31)29(33-2)38-21-15-35-27(40-25(21)30)18-11-7-4-8-12-18/h3-12,20-22,25-29H,13-16H2,1-2H3/t20-,21-,22+,25+,26-,27+,28+,29-,30+/m1/s1. The summed E-state index contributed by atoms with van der Waals surface area (Å²) in [5.74, 6) is 0.291. The first-order valence-corrected chi connectivity index (χ1v) is 13.5. The van der Waals surface area contributed by atoms with Gasteiger partial charge in [0.05, 0.1) is 13.2 Å². The summed E-state index contributed by atoms with van der Waals surface area (Å²) in [6.45, 7) is 0.579. The highest BCUT2D eigenvalue weighted by atomic mass is 16.8. The fourth-order valence-electron chi connectivity index (χ4n) is 6.36. The minimum atomic E-state index is -1.11. The molecule has 40 heavy (non-hydrogen) atoms. The number of carbonyl (C=O) groups is 1. The van der Waals surface area contributed by atoms with Gasteiger partial charge in [0.15, 0.2) is 18.3 Å². The maximum absolute atomic E-state index is 14.1. The van der Waals surface area contributed by atoms with Gasteiger partial charge in [0.25, 0.3) is 0 Å². The Hall–Kier alpha value is -2.67. The van der Waals surface area contributed by atoms with Crippen LogP contribution in [0.4, 0.5) is 0 Å². The van der Waals surface area contributed by atoms with Crippen molar-refractivity contribution in [3.8, 4) is 0 Å². The predicted molar refractivity (Wildman–Crippen MR) is 136 cm³/mol. The second-order valence-electron chi connectivity index (χ2n) is 10.6. The quantitative estimate of drug-likeness (QED) is 0.562. The van der Waals surface area contributed by atoms with E-state index in [-0.39, 0.29) is 25.6 Å². The number of hydrogen-bond acceptors (Lipinski definition) is 10. The highest BCUT2D eigenvalue weighted by Crippen LogP contribution is 2.52. The topological polar surface area (TPSA) is 100 Å². The molecule has 3 saturated heterocycles. The van der Waals surface area contributed by atoms with Crippen LogP contribution >= 0.6 is 0 Å². The van der Waals surface area contributed by atoms with Crippen molar-refractivity contribution in [1.82, 2.24) is 0 Å². The maximum atomic E-state index is 14.1. The van der Waals surface area contributed by atoms with E-state index < -0.39 is 55.0 Å². The smallest absolute Gasteiger partial charge is 0.218 e. The molecule has 2 aromatic rings. The first-order valence-electron chi connectivity index (χ1n) is 13.5. The van der Waals surface area contributed by atoms with E-state index >= 15 is 0 Å². The molecule has 10 heteroatoms. The lowest BCUT2D eigenvalue weighted by Crippen LogP contribution is -2.67. The molecule has 212 valence electrons. The molecule has 0 aromatic heterocycles. The highest BCUT2D eigenvalue weighted by molar-refractivity contribution is 5.90. The third-order valence-corrected chi connectivity index (χ3v) is 8.32. The summed E-state index contributed by atoms with van der Waals surface area (Å²) >= 11 is 0. The molecule has 0 N–H and O–H groups in total. The lowest BCUT2D eigenvalue weighted by molar-refractivity contribution is -0.335. The number of benzene rings is 2. The first kappa shape index (κ1) is 26.2. The number of rotatable bonds is 4. The second-order valence-corrected chi connectivity index (χ2v) is 10.6. The van der Waals surface area contributed by atoms with Crippen LogP contribution in [0, 0.1) is 5.41 Å². The molecule has 7 rings (SSSR count). The van der Waals surface area contributed by atoms with Crippen molar-refractivity contribution in [2.45, 2.75) is 56.0 Å². The molecule has 0 saturated carbocycles. The molecular formula is C30H32O10. The van der Waals surface area contributed by atoms with Gasteiger partial charge in [-0.2, -0.15) is 0 Å². The van der Waals surface area contributed by atoms with Gasteiger partial charge in [-0.3, -0.25) is 4.79 Å². The van der Waals surface area contributed by atoms with Crippen LogP contribution in [0.2, 0.25) is 0 Å². The zero-order valence-corrected chi connectivity index (χ0v) is 22.3. The van der Waals surface area contributed by atoms with Gasteiger partial charge < -0.3 is 42.6 Å². The van der Waals surface area contributed by atoms with E-state index in [4.69, 9.17) is 42.6 Å². The molecule has 1 spiro atoms. The molecule has 5 heterocycles. The summed E-state index contributed by atoms with van der Waals surface area (Å²) < 4.78 is 54.8. The molecule has 0 bridgehead atoms. The van der Waals surface area contributed by atoms with Gasteiger partial charge in [0.2, 0.25) is 18.4 Å². The van der Waals surface area contributed by atoms with Crippen molar-refractivity contribution in [3.63, 3.8) is 0 Å². The molecule has 0 amide bonds. The van der Waals surface area contributed by atoms with Gasteiger partial charge in [-0.1, -0.05) is 60.7 Å². The van der Waals surface area contributed by atoms with Crippen LogP contribution in [0.5, 0.6) is 0 Å². The molecule has 0 radical (unpaired) electrons. The Morgan fingerprint density at radius 2 is 1.35 bits per heavy atom. The average Bonchev–Trinajstić information content (AvgIpc) is 3.03. The Kier molecular flexibility index (Phi) is 6.97. The normalized spacial score (nSPS) is 39.2. The lowest BCUT2D eigenvalue weighted by atomic mass is 9.67. The number of Topliss-reactive ketones (excluding diaryl/α,β-unsaturated/α-hetero) is 1. The monoisotopic (exact) mass is 552 g/mol. The van der Waals surface area contributed by atoms with Crippen LogP contribution < -0.4 is 0 Å². The highest BCUT2D eigenvalue weighted by Gasteiger charge is 2.63. The lowest BCUT2D eigenvalue weighted by Gasteiger charge is -2.54. The van der Waals surface area contributed by atoms with Crippen LogP contribution in [0.15, 0.2) is 72.0 Å². The molecule has 9 atom stereocenters. The Balaban J connectivity index is 1.25. The Labute approximate surface area is 232 Å². The van der Waals surface area contributed by atoms with Crippen molar-refractivity contribution in [2.75, 3.05) is 34.0 Å². The van der Waals surface area contributed by atoms with Gasteiger partial charge in [-0.25, -0.2) is 0 Å². The van der Waals surface area contributed by atoms with Crippen molar-refractivity contribution < 1.29 is 47.4 Å². The van der Waals surface area contributed by atoms with E-state index in [2.05, 4.69) is 0 Å². The van der Waals surface area contributed by atoms with E-state index in [0.717, 1.165) is 16.7 Å². The first-order chi connectivity index (χ1) is 19.6. The van der Waals surface area contributed by atoms with Gasteiger partial charge in [-0.15, -0.1) is 0 Å². The summed E-state index contributed by atoms with van der Waals surface area (Å²) in [5.41, 5.74) is 1.44. The van der Waals surface area contributed by atoms with Crippen LogP contribution in [-0.2, 0) is 47.4 Å². The molecule has 2 aromatic carbocycles. The minimum Gasteiger partial charge on any atom is -0.491 e. The molecule has 5 aliphatic heterocycles. The number of methoxy groups -OCH3 is 2. The summed E-state index contributed by atoms with van der Waals surface area (Å²) in [7, 11) is 3.02. The number of ether oxygens (including phenoxy) is 9. The molecule has 5 aliphatic rings. The fourth-order valence-corrected chi connectivity index (χ4v) is 6.36. The zero-order chi connectivity index (χ0) is 27.3. The summed E-state index contributed by atoms with van der Waals surface area (Å²) in [5, 5.41) is 0. The van der Waals surface area contributed by atoms with E-state index in [1.807, 2.05) is 60.7 Å². The van der Waals surface area contributed by atoms with Crippen molar-refractivity contribution in [1.29, 1.82) is 0 Å². The molecule has 0 unspecified atom stereocenters. The third-order valence-electron chi connectivity index (χ3n) is 8.32. The zero-order valence-electron chi connectivity index (χ0n) is 22.3. The molecular weight excluding hydrogens is 520 g/mol. The molecule has 0 aliphatic carbocycles. The van der Waals surface area contributed by atoms with E-state index in [9.17, 15) is 4.79 Å². The maximum Gasteiger partial charge on any atom is 0.218 e.